The molecule has 170 valence electrons. The molecule has 6 nitrogen and oxygen atoms in total. The number of hydrogen-bond donors (Lipinski definition) is 1. The van der Waals surface area contributed by atoms with Crippen LogP contribution in [0.5, 0.6) is 0 Å². The van der Waals surface area contributed by atoms with E-state index in [1.54, 1.807) is 22.9 Å². The van der Waals surface area contributed by atoms with Gasteiger partial charge in [-0.3, -0.25) is 9.59 Å². The summed E-state index contributed by atoms with van der Waals surface area (Å²) in [7, 11) is 0. The molecule has 2 heterocycles. The van der Waals surface area contributed by atoms with E-state index in [9.17, 15) is 9.59 Å². The van der Waals surface area contributed by atoms with E-state index in [2.05, 4.69) is 5.32 Å². The average molecular weight is 451 g/mol. The Morgan fingerprint density at radius 2 is 1.41 bits per heavy atom. The van der Waals surface area contributed by atoms with Crippen molar-refractivity contribution in [2.45, 2.75) is 19.3 Å². The largest absolute Gasteiger partial charge is 0.339 e. The van der Waals surface area contributed by atoms with Gasteiger partial charge in [-0.15, -0.1) is 0 Å². The third-order valence-corrected chi connectivity index (χ3v) is 6.06. The van der Waals surface area contributed by atoms with Gasteiger partial charge in [-0.1, -0.05) is 60.7 Å². The van der Waals surface area contributed by atoms with Crippen LogP contribution in [0.3, 0.4) is 0 Å². The van der Waals surface area contributed by atoms with Crippen molar-refractivity contribution in [2.24, 2.45) is 0 Å². The van der Waals surface area contributed by atoms with Crippen LogP contribution in [0.15, 0.2) is 91.0 Å². The maximum absolute atomic E-state index is 13.5. The van der Waals surface area contributed by atoms with E-state index in [-0.39, 0.29) is 11.8 Å². The zero-order valence-corrected chi connectivity index (χ0v) is 18.9. The van der Waals surface area contributed by atoms with E-state index >= 15 is 0 Å². The minimum atomic E-state index is -0.322. The van der Waals surface area contributed by atoms with E-state index in [1.807, 2.05) is 77.7 Å². The van der Waals surface area contributed by atoms with E-state index in [0.717, 1.165) is 43.6 Å². The quantitative estimate of drug-likeness (QED) is 0.442. The molecule has 0 atom stereocenters. The number of benzene rings is 3. The molecule has 3 aromatic carbocycles. The van der Waals surface area contributed by atoms with Gasteiger partial charge >= 0.3 is 0 Å². The molecular weight excluding hydrogens is 424 g/mol. The first-order valence-electron chi connectivity index (χ1n) is 11.6. The Morgan fingerprint density at radius 3 is 2.15 bits per heavy atom. The highest BCUT2D eigenvalue weighted by molar-refractivity contribution is 6.09. The molecule has 1 saturated heterocycles. The van der Waals surface area contributed by atoms with Gasteiger partial charge in [0.2, 0.25) is 0 Å². The number of rotatable bonds is 5. The molecule has 0 bridgehead atoms. The van der Waals surface area contributed by atoms with Crippen LogP contribution in [-0.2, 0) is 0 Å². The number of aromatic nitrogens is 2. The van der Waals surface area contributed by atoms with Gasteiger partial charge in [0.25, 0.3) is 11.8 Å². The Balaban J connectivity index is 1.49. The highest BCUT2D eigenvalue weighted by Gasteiger charge is 2.23. The van der Waals surface area contributed by atoms with Crippen molar-refractivity contribution in [3.8, 4) is 16.9 Å². The Bertz CT molecular complexity index is 1290. The number of likely N-dealkylation sites (tertiary alicyclic amines) is 1. The van der Waals surface area contributed by atoms with Crippen LogP contribution in [0, 0.1) is 0 Å². The summed E-state index contributed by atoms with van der Waals surface area (Å²) in [5.74, 6) is -0.366. The fraction of sp³-hybridized carbons (Fsp3) is 0.179. The molecule has 0 unspecified atom stereocenters. The van der Waals surface area contributed by atoms with Crippen molar-refractivity contribution in [3.05, 3.63) is 102 Å². The van der Waals surface area contributed by atoms with Gasteiger partial charge in [-0.25, -0.2) is 4.68 Å². The minimum absolute atomic E-state index is 0.0443. The summed E-state index contributed by atoms with van der Waals surface area (Å²) in [6.07, 6.45) is 3.17. The minimum Gasteiger partial charge on any atom is -0.339 e. The Morgan fingerprint density at radius 1 is 0.765 bits per heavy atom. The maximum Gasteiger partial charge on any atom is 0.274 e. The van der Waals surface area contributed by atoms with Crippen LogP contribution < -0.4 is 5.32 Å². The van der Waals surface area contributed by atoms with Crippen molar-refractivity contribution < 1.29 is 9.59 Å². The van der Waals surface area contributed by atoms with Crippen LogP contribution in [0.25, 0.3) is 16.9 Å². The van der Waals surface area contributed by atoms with Crippen LogP contribution >= 0.6 is 0 Å². The summed E-state index contributed by atoms with van der Waals surface area (Å²) in [5.41, 5.74) is 3.81. The summed E-state index contributed by atoms with van der Waals surface area (Å²) in [5, 5.41) is 7.70. The van der Waals surface area contributed by atoms with Gasteiger partial charge in [0.15, 0.2) is 0 Å². The van der Waals surface area contributed by atoms with E-state index in [4.69, 9.17) is 5.10 Å². The van der Waals surface area contributed by atoms with Crippen molar-refractivity contribution in [3.63, 3.8) is 0 Å². The Kier molecular flexibility index (Phi) is 6.21. The molecule has 0 radical (unpaired) electrons. The number of anilines is 1. The fourth-order valence-electron chi connectivity index (χ4n) is 4.29. The summed E-state index contributed by atoms with van der Waals surface area (Å²) < 4.78 is 1.65. The van der Waals surface area contributed by atoms with Gasteiger partial charge in [0.05, 0.1) is 22.6 Å². The first-order chi connectivity index (χ1) is 16.7. The summed E-state index contributed by atoms with van der Waals surface area (Å²) in [6.45, 7) is 1.50. The molecular formula is C28H26N4O2. The zero-order chi connectivity index (χ0) is 23.3. The van der Waals surface area contributed by atoms with Gasteiger partial charge in [0.1, 0.15) is 5.69 Å². The number of nitrogens with one attached hydrogen (secondary N) is 1. The third-order valence-electron chi connectivity index (χ3n) is 6.06. The molecule has 5 rings (SSSR count). The molecule has 1 N–H and O–H groups in total. The first kappa shape index (κ1) is 21.6. The second-order valence-corrected chi connectivity index (χ2v) is 8.38. The molecule has 34 heavy (non-hydrogen) atoms. The standard InChI is InChI=1S/C28H26N4O2/c33-27(29-24-17-9-8-16-23(24)28(34)31-18-10-3-11-19-31)26-20-25(21-12-4-1-5-13-21)30-32(26)22-14-6-2-7-15-22/h1-2,4-9,12-17,20H,3,10-11,18-19H2,(H,29,33). The molecule has 6 heteroatoms. The molecule has 0 aliphatic carbocycles. The van der Waals surface area contributed by atoms with E-state index in [1.165, 1.54) is 0 Å². The number of nitrogens with zero attached hydrogens (tertiary/aromatic N) is 3. The molecule has 4 aromatic rings. The highest BCUT2D eigenvalue weighted by atomic mass is 16.2. The van der Waals surface area contributed by atoms with Crippen molar-refractivity contribution in [2.75, 3.05) is 18.4 Å². The fourth-order valence-corrected chi connectivity index (χ4v) is 4.29. The lowest BCUT2D eigenvalue weighted by Gasteiger charge is -2.27. The number of para-hydroxylation sites is 2. The third kappa shape index (κ3) is 4.48. The van der Waals surface area contributed by atoms with Crippen molar-refractivity contribution >= 4 is 17.5 Å². The second kappa shape index (κ2) is 9.75. The SMILES string of the molecule is O=C(Nc1ccccc1C(=O)N1CCCCC1)c1cc(-c2ccccc2)nn1-c1ccccc1. The smallest absolute Gasteiger partial charge is 0.274 e. The van der Waals surface area contributed by atoms with Gasteiger partial charge in [-0.2, -0.15) is 5.10 Å². The number of piperidine rings is 1. The molecule has 0 saturated carbocycles. The number of carbonyl (C=O) groups excluding carboxylic acids is 2. The zero-order valence-electron chi connectivity index (χ0n) is 18.9. The molecule has 1 fully saturated rings. The molecule has 1 aliphatic rings. The lowest BCUT2D eigenvalue weighted by atomic mass is 10.1. The van der Waals surface area contributed by atoms with Crippen LogP contribution in [0.4, 0.5) is 5.69 Å². The Hall–Kier alpha value is -4.19. The van der Waals surface area contributed by atoms with Crippen molar-refractivity contribution in [1.29, 1.82) is 0 Å². The van der Waals surface area contributed by atoms with E-state index in [0.29, 0.717) is 22.6 Å². The Labute approximate surface area is 198 Å². The first-order valence-corrected chi connectivity index (χ1v) is 11.6. The van der Waals surface area contributed by atoms with Crippen molar-refractivity contribution in [1.82, 2.24) is 14.7 Å². The number of amides is 2. The number of hydrogen-bond acceptors (Lipinski definition) is 3. The predicted molar refractivity (Wildman–Crippen MR) is 133 cm³/mol. The molecule has 1 aromatic heterocycles. The van der Waals surface area contributed by atoms with Gasteiger partial charge < -0.3 is 10.2 Å². The molecule has 2 amide bonds. The normalized spacial score (nSPS) is 13.5. The lowest BCUT2D eigenvalue weighted by Crippen LogP contribution is -2.36. The highest BCUT2D eigenvalue weighted by Crippen LogP contribution is 2.24. The lowest BCUT2D eigenvalue weighted by molar-refractivity contribution is 0.0725. The van der Waals surface area contributed by atoms with Gasteiger partial charge in [0, 0.05) is 18.7 Å². The second-order valence-electron chi connectivity index (χ2n) is 8.38. The average Bonchev–Trinajstić information content (AvgIpc) is 3.36. The van der Waals surface area contributed by atoms with Crippen LogP contribution in [0.2, 0.25) is 0 Å². The monoisotopic (exact) mass is 450 g/mol. The number of carbonyl (C=O) groups is 2. The summed E-state index contributed by atoms with van der Waals surface area (Å²) in [6, 6.07) is 28.3. The van der Waals surface area contributed by atoms with E-state index < -0.39 is 0 Å². The topological polar surface area (TPSA) is 67.2 Å². The predicted octanol–water partition coefficient (Wildman–Crippen LogP) is 5.42. The summed E-state index contributed by atoms with van der Waals surface area (Å²) >= 11 is 0. The summed E-state index contributed by atoms with van der Waals surface area (Å²) in [4.78, 5) is 28.6. The van der Waals surface area contributed by atoms with Gasteiger partial charge in [-0.05, 0) is 49.6 Å². The van der Waals surface area contributed by atoms with Crippen LogP contribution in [-0.4, -0.2) is 39.6 Å². The van der Waals surface area contributed by atoms with Crippen LogP contribution in [0.1, 0.15) is 40.1 Å². The molecule has 1 aliphatic heterocycles. The maximum atomic E-state index is 13.5. The molecule has 0 spiro atoms.